The zero-order valence-electron chi connectivity index (χ0n) is 12.7. The van der Waals surface area contributed by atoms with Crippen molar-refractivity contribution in [2.45, 2.75) is 19.3 Å². The van der Waals surface area contributed by atoms with Crippen LogP contribution < -0.4 is 11.1 Å². The highest BCUT2D eigenvalue weighted by Crippen LogP contribution is 2.32. The molecule has 0 spiro atoms. The maximum Gasteiger partial charge on any atom is 0.244 e. The van der Waals surface area contributed by atoms with Crippen molar-refractivity contribution in [1.82, 2.24) is 4.90 Å². The minimum atomic E-state index is -0.204. The number of anilines is 1. The first-order valence-electron chi connectivity index (χ1n) is 7.52. The van der Waals surface area contributed by atoms with Crippen molar-refractivity contribution in [2.75, 3.05) is 25.5 Å². The summed E-state index contributed by atoms with van der Waals surface area (Å²) in [6, 6.07) is 7.39. The molecule has 0 bridgehead atoms. The van der Waals surface area contributed by atoms with Gasteiger partial charge in [0.1, 0.15) is 0 Å². The Balaban J connectivity index is 1.91. The molecule has 1 aromatic carbocycles. The third kappa shape index (κ3) is 4.08. The molecule has 5 nitrogen and oxygen atoms in total. The van der Waals surface area contributed by atoms with Crippen molar-refractivity contribution >= 4 is 33.4 Å². The Labute approximate surface area is 139 Å². The summed E-state index contributed by atoms with van der Waals surface area (Å²) in [5, 5.41) is 2.81. The largest absolute Gasteiger partial charge is 0.336 e. The number of nitrogens with one attached hydrogen (secondary N) is 1. The zero-order valence-corrected chi connectivity index (χ0v) is 14.3. The fourth-order valence-electron chi connectivity index (χ4n) is 2.97. The molecule has 1 aromatic rings. The van der Waals surface area contributed by atoms with E-state index in [2.05, 4.69) is 21.2 Å². The lowest BCUT2D eigenvalue weighted by Crippen LogP contribution is -2.40. The number of hydrogen-bond acceptors (Lipinski definition) is 3. The van der Waals surface area contributed by atoms with Gasteiger partial charge in [-0.3, -0.25) is 9.59 Å². The van der Waals surface area contributed by atoms with Crippen LogP contribution in [-0.2, 0) is 9.59 Å². The van der Waals surface area contributed by atoms with Crippen LogP contribution in [0, 0.1) is 11.8 Å². The highest BCUT2D eigenvalue weighted by Gasteiger charge is 2.34. The number of carbonyl (C=O) groups is 2. The maximum absolute atomic E-state index is 12.5. The second-order valence-corrected chi connectivity index (χ2v) is 6.61. The van der Waals surface area contributed by atoms with Gasteiger partial charge in [0, 0.05) is 17.4 Å². The van der Waals surface area contributed by atoms with E-state index < -0.39 is 0 Å². The Morgan fingerprint density at radius 1 is 1.36 bits per heavy atom. The third-order valence-electron chi connectivity index (χ3n) is 4.18. The summed E-state index contributed by atoms with van der Waals surface area (Å²) in [5.41, 5.74) is 6.43. The Bertz CT molecular complexity index is 550. The molecular weight excluding hydrogens is 346 g/mol. The Morgan fingerprint density at radius 2 is 2.09 bits per heavy atom. The van der Waals surface area contributed by atoms with Crippen molar-refractivity contribution in [1.29, 1.82) is 0 Å². The van der Waals surface area contributed by atoms with Crippen LogP contribution in [0.3, 0.4) is 0 Å². The molecule has 0 saturated heterocycles. The maximum atomic E-state index is 12.5. The lowest BCUT2D eigenvalue weighted by Gasteiger charge is -2.24. The van der Waals surface area contributed by atoms with Gasteiger partial charge in [0.2, 0.25) is 11.8 Å². The van der Waals surface area contributed by atoms with Crippen LogP contribution in [0.4, 0.5) is 5.69 Å². The lowest BCUT2D eigenvalue weighted by molar-refractivity contribution is -0.137. The average molecular weight is 368 g/mol. The number of carbonyl (C=O) groups excluding carboxylic acids is 2. The molecule has 1 fully saturated rings. The van der Waals surface area contributed by atoms with E-state index in [-0.39, 0.29) is 30.2 Å². The molecule has 0 aromatic heterocycles. The molecule has 0 heterocycles. The highest BCUT2D eigenvalue weighted by atomic mass is 79.9. The molecule has 3 N–H and O–H groups in total. The molecule has 22 heavy (non-hydrogen) atoms. The van der Waals surface area contributed by atoms with Crippen molar-refractivity contribution in [2.24, 2.45) is 17.6 Å². The summed E-state index contributed by atoms with van der Waals surface area (Å²) in [6.45, 7) is 0.585. The SMILES string of the molecule is CN(CC(=O)Nc1ccccc1Br)C(=O)[C@@H]1CCC[C@@H]1CN. The molecule has 2 rings (SSSR count). The van der Waals surface area contributed by atoms with E-state index in [0.717, 1.165) is 23.7 Å². The topological polar surface area (TPSA) is 75.4 Å². The van der Waals surface area contributed by atoms with E-state index >= 15 is 0 Å². The predicted octanol–water partition coefficient (Wildman–Crippen LogP) is 2.22. The number of hydrogen-bond donors (Lipinski definition) is 2. The first kappa shape index (κ1) is 17.0. The van der Waals surface area contributed by atoms with Crippen LogP contribution in [0.25, 0.3) is 0 Å². The summed E-state index contributed by atoms with van der Waals surface area (Å²) in [5.74, 6) is 0.0350. The minimum absolute atomic E-state index is 0.0234. The van der Waals surface area contributed by atoms with E-state index in [0.29, 0.717) is 12.2 Å². The van der Waals surface area contributed by atoms with Crippen molar-refractivity contribution in [3.63, 3.8) is 0 Å². The molecule has 2 atom stereocenters. The van der Waals surface area contributed by atoms with Crippen LogP contribution in [-0.4, -0.2) is 36.9 Å². The Kier molecular flexibility index (Phi) is 5.97. The van der Waals surface area contributed by atoms with Crippen LogP contribution in [0.1, 0.15) is 19.3 Å². The summed E-state index contributed by atoms with van der Waals surface area (Å²) < 4.78 is 0.816. The van der Waals surface area contributed by atoms with Crippen LogP contribution in [0.5, 0.6) is 0 Å². The smallest absolute Gasteiger partial charge is 0.244 e. The molecule has 1 aliphatic carbocycles. The van der Waals surface area contributed by atoms with Crippen molar-refractivity contribution in [3.05, 3.63) is 28.7 Å². The van der Waals surface area contributed by atoms with Gasteiger partial charge in [-0.15, -0.1) is 0 Å². The van der Waals surface area contributed by atoms with Gasteiger partial charge in [0.05, 0.1) is 12.2 Å². The van der Waals surface area contributed by atoms with E-state index in [4.69, 9.17) is 5.73 Å². The summed E-state index contributed by atoms with van der Waals surface area (Å²) in [7, 11) is 1.67. The minimum Gasteiger partial charge on any atom is -0.336 e. The zero-order chi connectivity index (χ0) is 16.1. The monoisotopic (exact) mass is 367 g/mol. The quantitative estimate of drug-likeness (QED) is 0.837. The molecular formula is C16H22BrN3O2. The van der Waals surface area contributed by atoms with Crippen LogP contribution in [0.15, 0.2) is 28.7 Å². The number of amides is 2. The normalized spacial score (nSPS) is 20.7. The standard InChI is InChI=1S/C16H22BrN3O2/c1-20(16(22)12-6-4-5-11(12)9-18)10-15(21)19-14-8-3-2-7-13(14)17/h2-3,7-8,11-12H,4-6,9-10,18H2,1H3,(H,19,21)/t11-,12-/m1/s1. The predicted molar refractivity (Wildman–Crippen MR) is 90.3 cm³/mol. The average Bonchev–Trinajstić information content (AvgIpc) is 2.97. The van der Waals surface area contributed by atoms with Gasteiger partial charge in [-0.05, 0) is 53.4 Å². The van der Waals surface area contributed by atoms with Gasteiger partial charge >= 0.3 is 0 Å². The fourth-order valence-corrected chi connectivity index (χ4v) is 3.36. The first-order chi connectivity index (χ1) is 10.5. The number of halogens is 1. The van der Waals surface area contributed by atoms with Gasteiger partial charge in [0.25, 0.3) is 0 Å². The lowest BCUT2D eigenvalue weighted by atomic mass is 9.95. The van der Waals surface area contributed by atoms with Gasteiger partial charge in [0.15, 0.2) is 0 Å². The summed E-state index contributed by atoms with van der Waals surface area (Å²) >= 11 is 3.38. The van der Waals surface area contributed by atoms with Gasteiger partial charge in [-0.25, -0.2) is 0 Å². The van der Waals surface area contributed by atoms with Gasteiger partial charge < -0.3 is 16.0 Å². The number of para-hydroxylation sites is 1. The number of nitrogens with zero attached hydrogens (tertiary/aromatic N) is 1. The molecule has 0 unspecified atom stereocenters. The summed E-state index contributed by atoms with van der Waals surface area (Å²) in [6.07, 6.45) is 2.91. The molecule has 0 aliphatic heterocycles. The van der Waals surface area contributed by atoms with E-state index in [9.17, 15) is 9.59 Å². The highest BCUT2D eigenvalue weighted by molar-refractivity contribution is 9.10. The second-order valence-electron chi connectivity index (χ2n) is 5.76. The second kappa shape index (κ2) is 7.74. The number of rotatable bonds is 5. The number of likely N-dealkylation sites (N-methyl/N-ethyl adjacent to an activating group) is 1. The van der Waals surface area contributed by atoms with E-state index in [1.807, 2.05) is 24.3 Å². The molecule has 1 aliphatic rings. The van der Waals surface area contributed by atoms with Gasteiger partial charge in [-0.2, -0.15) is 0 Å². The Hall–Kier alpha value is -1.40. The fraction of sp³-hybridized carbons (Fsp3) is 0.500. The van der Waals surface area contributed by atoms with E-state index in [1.54, 1.807) is 7.05 Å². The van der Waals surface area contributed by atoms with Gasteiger partial charge in [-0.1, -0.05) is 18.6 Å². The van der Waals surface area contributed by atoms with Crippen LogP contribution in [0.2, 0.25) is 0 Å². The molecule has 6 heteroatoms. The van der Waals surface area contributed by atoms with Crippen molar-refractivity contribution < 1.29 is 9.59 Å². The molecule has 0 radical (unpaired) electrons. The summed E-state index contributed by atoms with van der Waals surface area (Å²) in [4.78, 5) is 26.1. The van der Waals surface area contributed by atoms with E-state index in [1.165, 1.54) is 4.90 Å². The number of benzene rings is 1. The molecule has 1 saturated carbocycles. The third-order valence-corrected chi connectivity index (χ3v) is 4.88. The molecule has 2 amide bonds. The first-order valence-corrected chi connectivity index (χ1v) is 8.31. The number of nitrogens with two attached hydrogens (primary N) is 1. The molecule has 120 valence electrons. The van der Waals surface area contributed by atoms with Crippen molar-refractivity contribution in [3.8, 4) is 0 Å². The van der Waals surface area contributed by atoms with Crippen LogP contribution >= 0.6 is 15.9 Å². The Morgan fingerprint density at radius 3 is 2.77 bits per heavy atom.